The van der Waals surface area contributed by atoms with E-state index in [1.165, 1.54) is 12.1 Å². The highest BCUT2D eigenvalue weighted by atomic mass is 19.4. The summed E-state index contributed by atoms with van der Waals surface area (Å²) in [6.07, 6.45) is -2.31. The number of aromatic nitrogens is 2. The molecule has 0 unspecified atom stereocenters. The lowest BCUT2D eigenvalue weighted by Crippen LogP contribution is -2.27. The summed E-state index contributed by atoms with van der Waals surface area (Å²) < 4.78 is 39.9. The molecule has 0 atom stereocenters. The molecule has 2 heterocycles. The molecular formula is C21H21F3N4O2. The van der Waals surface area contributed by atoms with Gasteiger partial charge in [0.1, 0.15) is 11.3 Å². The van der Waals surface area contributed by atoms with Gasteiger partial charge < -0.3 is 10.6 Å². The molecule has 2 aromatic heterocycles. The number of pyridine rings is 1. The summed E-state index contributed by atoms with van der Waals surface area (Å²) in [5.74, 6) is -0.728. The van der Waals surface area contributed by atoms with Crippen LogP contribution in [0.3, 0.4) is 0 Å². The molecule has 0 spiro atoms. The molecule has 3 rings (SSSR count). The van der Waals surface area contributed by atoms with Crippen molar-refractivity contribution in [2.24, 2.45) is 0 Å². The zero-order valence-electron chi connectivity index (χ0n) is 16.5. The molecule has 0 saturated heterocycles. The van der Waals surface area contributed by atoms with Crippen molar-refractivity contribution < 1.29 is 22.8 Å². The van der Waals surface area contributed by atoms with Crippen molar-refractivity contribution in [1.29, 1.82) is 0 Å². The second-order valence-electron chi connectivity index (χ2n) is 6.92. The van der Waals surface area contributed by atoms with Crippen molar-refractivity contribution in [3.05, 3.63) is 65.1 Å². The summed E-state index contributed by atoms with van der Waals surface area (Å²) in [5, 5.41) is 5.20. The lowest BCUT2D eigenvalue weighted by molar-refractivity contribution is -0.137. The van der Waals surface area contributed by atoms with E-state index in [2.05, 4.69) is 15.6 Å². The molecule has 0 aliphatic rings. The fraction of sp³-hybridized carbons (Fsp3) is 0.286. The maximum absolute atomic E-state index is 12.7. The lowest BCUT2D eigenvalue weighted by atomic mass is 10.2. The van der Waals surface area contributed by atoms with Crippen LogP contribution in [0.2, 0.25) is 0 Å². The van der Waals surface area contributed by atoms with Crippen LogP contribution in [0.1, 0.15) is 40.2 Å². The van der Waals surface area contributed by atoms with E-state index in [0.717, 1.165) is 17.7 Å². The Morgan fingerprint density at radius 3 is 2.63 bits per heavy atom. The fourth-order valence-electron chi connectivity index (χ4n) is 3.12. The Morgan fingerprint density at radius 2 is 1.90 bits per heavy atom. The molecule has 0 bridgehead atoms. The third-order valence-corrected chi connectivity index (χ3v) is 4.57. The second-order valence-corrected chi connectivity index (χ2v) is 6.92. The molecule has 158 valence electrons. The van der Waals surface area contributed by atoms with Crippen LogP contribution >= 0.6 is 0 Å². The van der Waals surface area contributed by atoms with Gasteiger partial charge in [0, 0.05) is 24.8 Å². The van der Waals surface area contributed by atoms with Gasteiger partial charge in [-0.05, 0) is 50.1 Å². The van der Waals surface area contributed by atoms with Crippen LogP contribution in [0.4, 0.5) is 18.9 Å². The number of carbonyl (C=O) groups excluding carboxylic acids is 2. The predicted molar refractivity (Wildman–Crippen MR) is 106 cm³/mol. The van der Waals surface area contributed by atoms with E-state index in [-0.39, 0.29) is 24.6 Å². The Morgan fingerprint density at radius 1 is 1.13 bits per heavy atom. The van der Waals surface area contributed by atoms with Crippen molar-refractivity contribution in [1.82, 2.24) is 14.7 Å². The quantitative estimate of drug-likeness (QED) is 0.592. The predicted octanol–water partition coefficient (Wildman–Crippen LogP) is 4.12. The third-order valence-electron chi connectivity index (χ3n) is 4.57. The largest absolute Gasteiger partial charge is 0.416 e. The first kappa shape index (κ1) is 21.4. The highest BCUT2D eigenvalue weighted by molar-refractivity contribution is 5.95. The van der Waals surface area contributed by atoms with E-state index in [4.69, 9.17) is 0 Å². The number of hydrogen-bond donors (Lipinski definition) is 2. The van der Waals surface area contributed by atoms with Crippen LogP contribution in [0.25, 0.3) is 5.65 Å². The van der Waals surface area contributed by atoms with Crippen LogP contribution in [-0.4, -0.2) is 27.7 Å². The first-order chi connectivity index (χ1) is 14.2. The fourth-order valence-corrected chi connectivity index (χ4v) is 3.12. The number of nitrogens with one attached hydrogen (secondary N) is 2. The van der Waals surface area contributed by atoms with E-state index >= 15 is 0 Å². The summed E-state index contributed by atoms with van der Waals surface area (Å²) in [7, 11) is 0. The van der Waals surface area contributed by atoms with E-state index in [1.54, 1.807) is 17.5 Å². The summed E-state index contributed by atoms with van der Waals surface area (Å²) in [6, 6.07) is 8.19. The van der Waals surface area contributed by atoms with E-state index < -0.39 is 17.6 Å². The average Bonchev–Trinajstić information content (AvgIpc) is 3.02. The number of halogens is 3. The van der Waals surface area contributed by atoms with Crippen molar-refractivity contribution in [3.63, 3.8) is 0 Å². The number of alkyl halides is 3. The van der Waals surface area contributed by atoms with Crippen LogP contribution < -0.4 is 10.6 Å². The van der Waals surface area contributed by atoms with Gasteiger partial charge >= 0.3 is 6.18 Å². The standard InChI is InChI=1S/C21H21F3N4O2/c1-13-6-5-11-28-18(14(2)26-19(13)28)20(30)25-10-4-9-17(29)27-16-8-3-7-15(12-16)21(22,23)24/h3,5-8,11-12H,4,9-10H2,1-2H3,(H,25,30)(H,27,29). The van der Waals surface area contributed by atoms with Crippen LogP contribution in [0.15, 0.2) is 42.6 Å². The second kappa shape index (κ2) is 8.56. The average molecular weight is 418 g/mol. The number of rotatable bonds is 6. The summed E-state index contributed by atoms with van der Waals surface area (Å²) >= 11 is 0. The molecule has 0 radical (unpaired) electrons. The monoisotopic (exact) mass is 418 g/mol. The topological polar surface area (TPSA) is 75.5 Å². The van der Waals surface area contributed by atoms with Crippen molar-refractivity contribution in [3.8, 4) is 0 Å². The Labute approximate surface area is 171 Å². The molecular weight excluding hydrogens is 397 g/mol. The number of nitrogens with zero attached hydrogens (tertiary/aromatic N) is 2. The van der Waals surface area contributed by atoms with Crippen molar-refractivity contribution in [2.45, 2.75) is 32.9 Å². The van der Waals surface area contributed by atoms with Crippen LogP contribution in [0.5, 0.6) is 0 Å². The number of hydrogen-bond acceptors (Lipinski definition) is 3. The van der Waals surface area contributed by atoms with Gasteiger partial charge in [-0.1, -0.05) is 12.1 Å². The molecule has 0 aliphatic carbocycles. The molecule has 0 aliphatic heterocycles. The van der Waals surface area contributed by atoms with Gasteiger partial charge in [-0.3, -0.25) is 14.0 Å². The summed E-state index contributed by atoms with van der Waals surface area (Å²) in [5.41, 5.74) is 1.94. The maximum Gasteiger partial charge on any atom is 0.416 e. The minimum absolute atomic E-state index is 0.0573. The molecule has 0 fully saturated rings. The number of imidazole rings is 1. The zero-order valence-corrected chi connectivity index (χ0v) is 16.5. The minimum Gasteiger partial charge on any atom is -0.351 e. The molecule has 2 N–H and O–H groups in total. The Kier molecular flexibility index (Phi) is 6.09. The molecule has 9 heteroatoms. The first-order valence-electron chi connectivity index (χ1n) is 9.36. The van der Waals surface area contributed by atoms with Crippen LogP contribution in [0, 0.1) is 13.8 Å². The number of anilines is 1. The molecule has 30 heavy (non-hydrogen) atoms. The summed E-state index contributed by atoms with van der Waals surface area (Å²) in [6.45, 7) is 3.91. The minimum atomic E-state index is -4.47. The smallest absolute Gasteiger partial charge is 0.351 e. The number of aryl methyl sites for hydroxylation is 2. The van der Waals surface area contributed by atoms with E-state index in [9.17, 15) is 22.8 Å². The van der Waals surface area contributed by atoms with Gasteiger partial charge in [0.05, 0.1) is 11.3 Å². The van der Waals surface area contributed by atoms with Crippen LogP contribution in [-0.2, 0) is 11.0 Å². The van der Waals surface area contributed by atoms with Gasteiger partial charge in [-0.25, -0.2) is 4.98 Å². The summed E-state index contributed by atoms with van der Waals surface area (Å²) in [4.78, 5) is 29.0. The van der Waals surface area contributed by atoms with Crippen molar-refractivity contribution >= 4 is 23.1 Å². The molecule has 3 aromatic rings. The van der Waals surface area contributed by atoms with Crippen molar-refractivity contribution in [2.75, 3.05) is 11.9 Å². The molecule has 1 aromatic carbocycles. The van der Waals surface area contributed by atoms with Gasteiger partial charge in [0.15, 0.2) is 0 Å². The Hall–Kier alpha value is -3.36. The number of benzene rings is 1. The molecule has 6 nitrogen and oxygen atoms in total. The van der Waals surface area contributed by atoms with Gasteiger partial charge in [0.2, 0.25) is 5.91 Å². The maximum atomic E-state index is 12.7. The van der Waals surface area contributed by atoms with E-state index in [0.29, 0.717) is 23.5 Å². The number of amides is 2. The Balaban J connectivity index is 1.52. The molecule has 2 amide bonds. The zero-order chi connectivity index (χ0) is 21.9. The van der Waals surface area contributed by atoms with E-state index in [1.807, 2.05) is 19.1 Å². The highest BCUT2D eigenvalue weighted by Gasteiger charge is 2.30. The Bertz CT molecular complexity index is 1090. The van der Waals surface area contributed by atoms with Gasteiger partial charge in [-0.2, -0.15) is 13.2 Å². The lowest BCUT2D eigenvalue weighted by Gasteiger charge is -2.10. The normalized spacial score (nSPS) is 11.5. The van der Waals surface area contributed by atoms with Gasteiger partial charge in [0.25, 0.3) is 5.91 Å². The van der Waals surface area contributed by atoms with Gasteiger partial charge in [-0.15, -0.1) is 0 Å². The molecule has 0 saturated carbocycles. The number of carbonyl (C=O) groups is 2. The SMILES string of the molecule is Cc1nc2c(C)cccn2c1C(=O)NCCCC(=O)Nc1cccc(C(F)(F)F)c1. The third kappa shape index (κ3) is 4.79. The highest BCUT2D eigenvalue weighted by Crippen LogP contribution is 2.30. The first-order valence-corrected chi connectivity index (χ1v) is 9.36. The number of fused-ring (bicyclic) bond motifs is 1.